The van der Waals surface area contributed by atoms with Gasteiger partial charge >= 0.3 is 12.3 Å². The Hall–Kier alpha value is -2.48. The number of H-pyrrole nitrogens is 1. The number of ether oxygens (including phenoxy) is 1. The molecular weight excluding hydrogens is 338 g/mol. The molecule has 0 amide bonds. The van der Waals surface area contributed by atoms with E-state index in [9.17, 15) is 18.4 Å². The van der Waals surface area contributed by atoms with Crippen molar-refractivity contribution in [1.29, 1.82) is 0 Å². The van der Waals surface area contributed by atoms with Crippen molar-refractivity contribution in [2.45, 2.75) is 25.4 Å². The third-order valence-corrected chi connectivity index (χ3v) is 5.19. The van der Waals surface area contributed by atoms with E-state index in [1.165, 1.54) is 40.2 Å². The van der Waals surface area contributed by atoms with Crippen molar-refractivity contribution in [2.75, 3.05) is 0 Å². The molecule has 0 unspecified atom stereocenters. The van der Waals surface area contributed by atoms with Gasteiger partial charge in [-0.05, 0) is 49.1 Å². The Morgan fingerprint density at radius 3 is 2.54 bits per heavy atom. The summed E-state index contributed by atoms with van der Waals surface area (Å²) in [5, 5.41) is 0. The van der Waals surface area contributed by atoms with Gasteiger partial charge in [-0.1, -0.05) is 0 Å². The lowest BCUT2D eigenvalue weighted by Gasteiger charge is -2.08. The smallest absolute Gasteiger partial charge is 0.387 e. The van der Waals surface area contributed by atoms with Gasteiger partial charge in [0.1, 0.15) is 10.4 Å². The minimum Gasteiger partial charge on any atom is -0.435 e. The van der Waals surface area contributed by atoms with Crippen LogP contribution in [0, 0.1) is 0 Å². The second-order valence-electron chi connectivity index (χ2n) is 5.60. The number of fused-ring (bicyclic) bond motifs is 1. The zero-order valence-electron chi connectivity index (χ0n) is 12.3. The second kappa shape index (κ2) is 5.55. The molecule has 0 bridgehead atoms. The highest BCUT2D eigenvalue weighted by Gasteiger charge is 2.27. The SMILES string of the molecule is O=c1[nH]c(=O)n(-c2ccc(OC(F)F)cc2)c2cc(C3CC3)sc12. The van der Waals surface area contributed by atoms with Crippen LogP contribution >= 0.6 is 11.3 Å². The van der Waals surface area contributed by atoms with Crippen LogP contribution in [0.2, 0.25) is 0 Å². The molecule has 0 atom stereocenters. The Bertz CT molecular complexity index is 1020. The molecular formula is C16H12F2N2O3S. The van der Waals surface area contributed by atoms with Crippen LogP contribution < -0.4 is 16.0 Å². The molecule has 1 saturated carbocycles. The Kier molecular flexibility index (Phi) is 3.49. The first-order chi connectivity index (χ1) is 11.5. The molecule has 24 heavy (non-hydrogen) atoms. The molecule has 1 aromatic carbocycles. The summed E-state index contributed by atoms with van der Waals surface area (Å²) >= 11 is 1.40. The predicted octanol–water partition coefficient (Wildman–Crippen LogP) is 3.22. The summed E-state index contributed by atoms with van der Waals surface area (Å²) in [4.78, 5) is 27.7. The molecule has 5 nitrogen and oxygen atoms in total. The number of aromatic amines is 1. The molecule has 0 aliphatic heterocycles. The number of hydrogen-bond acceptors (Lipinski definition) is 4. The quantitative estimate of drug-likeness (QED) is 0.786. The van der Waals surface area contributed by atoms with Crippen molar-refractivity contribution in [3.8, 4) is 11.4 Å². The van der Waals surface area contributed by atoms with Crippen LogP contribution in [0.5, 0.6) is 5.75 Å². The first kappa shape index (κ1) is 15.1. The Morgan fingerprint density at radius 2 is 1.92 bits per heavy atom. The van der Waals surface area contributed by atoms with Crippen LogP contribution in [0.3, 0.4) is 0 Å². The average Bonchev–Trinajstić information content (AvgIpc) is 3.28. The Morgan fingerprint density at radius 1 is 1.21 bits per heavy atom. The topological polar surface area (TPSA) is 64.1 Å². The van der Waals surface area contributed by atoms with Crippen molar-refractivity contribution in [1.82, 2.24) is 9.55 Å². The molecule has 124 valence electrons. The van der Waals surface area contributed by atoms with Gasteiger partial charge < -0.3 is 4.74 Å². The predicted molar refractivity (Wildman–Crippen MR) is 86.6 cm³/mol. The van der Waals surface area contributed by atoms with Gasteiger partial charge in [-0.3, -0.25) is 14.3 Å². The summed E-state index contributed by atoms with van der Waals surface area (Å²) in [6, 6.07) is 7.60. The van der Waals surface area contributed by atoms with E-state index in [1.807, 2.05) is 6.07 Å². The number of rotatable bonds is 4. The third-order valence-electron chi connectivity index (χ3n) is 3.90. The zero-order valence-corrected chi connectivity index (χ0v) is 13.1. The van der Waals surface area contributed by atoms with Crippen molar-refractivity contribution >= 4 is 21.6 Å². The average molecular weight is 350 g/mol. The number of nitrogens with zero attached hydrogens (tertiary/aromatic N) is 1. The summed E-state index contributed by atoms with van der Waals surface area (Å²) in [6.45, 7) is -2.91. The number of nitrogens with one attached hydrogen (secondary N) is 1. The summed E-state index contributed by atoms with van der Waals surface area (Å²) in [7, 11) is 0. The van der Waals surface area contributed by atoms with E-state index in [1.54, 1.807) is 0 Å². The number of thiophene rings is 1. The fraction of sp³-hybridized carbons (Fsp3) is 0.250. The maximum absolute atomic E-state index is 12.3. The number of alkyl halides is 2. The standard InChI is InChI=1S/C16H12F2N2O3S/c17-15(18)23-10-5-3-9(4-6-10)20-11-7-12(8-1-2-8)24-13(11)14(21)19-16(20)22/h3-8,15H,1-2H2,(H,19,21,22). The van der Waals surface area contributed by atoms with Crippen LogP contribution in [0.1, 0.15) is 23.6 Å². The maximum atomic E-state index is 12.3. The molecule has 0 spiro atoms. The van der Waals surface area contributed by atoms with E-state index in [4.69, 9.17) is 0 Å². The molecule has 1 fully saturated rings. The van der Waals surface area contributed by atoms with Crippen LogP contribution in [0.15, 0.2) is 39.9 Å². The van der Waals surface area contributed by atoms with E-state index >= 15 is 0 Å². The van der Waals surface area contributed by atoms with Crippen molar-refractivity contribution in [3.63, 3.8) is 0 Å². The van der Waals surface area contributed by atoms with E-state index in [2.05, 4.69) is 9.72 Å². The Labute approximate surface area is 138 Å². The minimum atomic E-state index is -2.91. The van der Waals surface area contributed by atoms with Gasteiger partial charge in [-0.25, -0.2) is 4.79 Å². The lowest BCUT2D eigenvalue weighted by molar-refractivity contribution is -0.0498. The third kappa shape index (κ3) is 2.62. The number of benzene rings is 1. The van der Waals surface area contributed by atoms with Gasteiger partial charge in [-0.15, -0.1) is 11.3 Å². The highest BCUT2D eigenvalue weighted by Crippen LogP contribution is 2.44. The first-order valence-corrected chi connectivity index (χ1v) is 8.18. The fourth-order valence-corrected chi connectivity index (χ4v) is 3.86. The highest BCUT2D eigenvalue weighted by molar-refractivity contribution is 7.19. The molecule has 1 aliphatic carbocycles. The monoisotopic (exact) mass is 350 g/mol. The van der Waals surface area contributed by atoms with E-state index < -0.39 is 17.9 Å². The van der Waals surface area contributed by atoms with Crippen LogP contribution in [0.25, 0.3) is 15.9 Å². The molecule has 3 aromatic rings. The number of aromatic nitrogens is 2. The highest BCUT2D eigenvalue weighted by atomic mass is 32.1. The second-order valence-corrected chi connectivity index (χ2v) is 6.69. The van der Waals surface area contributed by atoms with Crippen LogP contribution in [0.4, 0.5) is 8.78 Å². The fourth-order valence-electron chi connectivity index (χ4n) is 2.65. The number of halogens is 2. The summed E-state index contributed by atoms with van der Waals surface area (Å²) in [5.74, 6) is 0.471. The molecule has 2 heterocycles. The van der Waals surface area contributed by atoms with E-state index in [0.717, 1.165) is 17.7 Å². The van der Waals surface area contributed by atoms with Gasteiger partial charge in [0.05, 0.1) is 11.2 Å². The molecule has 4 rings (SSSR count). The Balaban J connectivity index is 1.86. The van der Waals surface area contributed by atoms with E-state index in [-0.39, 0.29) is 5.75 Å². The van der Waals surface area contributed by atoms with E-state index in [0.29, 0.717) is 21.8 Å². The summed E-state index contributed by atoms with van der Waals surface area (Å²) in [6.07, 6.45) is 2.18. The van der Waals surface area contributed by atoms with Gasteiger partial charge in [0.25, 0.3) is 5.56 Å². The molecule has 0 saturated heterocycles. The summed E-state index contributed by atoms with van der Waals surface area (Å²) < 4.78 is 30.6. The van der Waals surface area contributed by atoms with Crippen LogP contribution in [-0.4, -0.2) is 16.2 Å². The van der Waals surface area contributed by atoms with Gasteiger partial charge in [0.15, 0.2) is 0 Å². The maximum Gasteiger partial charge on any atom is 0.387 e. The minimum absolute atomic E-state index is 0.00598. The lowest BCUT2D eigenvalue weighted by Crippen LogP contribution is -2.28. The first-order valence-electron chi connectivity index (χ1n) is 7.37. The van der Waals surface area contributed by atoms with Gasteiger partial charge in [0, 0.05) is 4.88 Å². The number of hydrogen-bond donors (Lipinski definition) is 1. The van der Waals surface area contributed by atoms with Crippen molar-refractivity contribution in [2.24, 2.45) is 0 Å². The van der Waals surface area contributed by atoms with Gasteiger partial charge in [-0.2, -0.15) is 8.78 Å². The molecule has 1 N–H and O–H groups in total. The molecule has 8 heteroatoms. The molecule has 1 aliphatic rings. The van der Waals surface area contributed by atoms with Gasteiger partial charge in [0.2, 0.25) is 0 Å². The van der Waals surface area contributed by atoms with Crippen molar-refractivity contribution in [3.05, 3.63) is 56.0 Å². The molecule has 2 aromatic heterocycles. The van der Waals surface area contributed by atoms with Crippen LogP contribution in [-0.2, 0) is 0 Å². The van der Waals surface area contributed by atoms with Crippen molar-refractivity contribution < 1.29 is 13.5 Å². The largest absolute Gasteiger partial charge is 0.435 e. The summed E-state index contributed by atoms with van der Waals surface area (Å²) in [5.41, 5.74) is 0.0529. The lowest BCUT2D eigenvalue weighted by atomic mass is 10.2. The zero-order chi connectivity index (χ0) is 16.8. The molecule has 0 radical (unpaired) electrons. The normalized spacial score (nSPS) is 14.5.